The second kappa shape index (κ2) is 4.16. The number of rotatable bonds is 3. The van der Waals surface area contributed by atoms with Gasteiger partial charge in [0.25, 0.3) is 0 Å². The SMILES string of the molecule is OCC1(NCC(F)(F)F)CN2CCC1CC2. The maximum atomic E-state index is 12.2. The Bertz CT molecular complexity index is 251. The standard InChI is InChI=1S/C10H17F3N2O/c11-10(12,13)5-14-9(7-16)6-15-3-1-8(9)2-4-15/h8,14,16H,1-7H2. The minimum atomic E-state index is -4.21. The van der Waals surface area contributed by atoms with Crippen LogP contribution in [0.4, 0.5) is 13.2 Å². The van der Waals surface area contributed by atoms with Crippen LogP contribution < -0.4 is 5.32 Å². The smallest absolute Gasteiger partial charge is 0.394 e. The van der Waals surface area contributed by atoms with Crippen LogP contribution in [-0.2, 0) is 0 Å². The first kappa shape index (κ1) is 12.1. The summed E-state index contributed by atoms with van der Waals surface area (Å²) in [4.78, 5) is 2.12. The molecule has 3 rings (SSSR count). The molecule has 1 atom stereocenters. The van der Waals surface area contributed by atoms with Crippen LogP contribution >= 0.6 is 0 Å². The van der Waals surface area contributed by atoms with E-state index in [1.807, 2.05) is 0 Å². The van der Waals surface area contributed by atoms with Crippen LogP contribution in [0.3, 0.4) is 0 Å². The molecule has 0 aromatic rings. The maximum absolute atomic E-state index is 12.2. The average molecular weight is 238 g/mol. The van der Waals surface area contributed by atoms with E-state index >= 15 is 0 Å². The van der Waals surface area contributed by atoms with E-state index in [9.17, 15) is 18.3 Å². The number of piperidine rings is 3. The molecule has 94 valence electrons. The lowest BCUT2D eigenvalue weighted by molar-refractivity contribution is -0.137. The number of hydrogen-bond donors (Lipinski definition) is 2. The molecule has 0 aromatic heterocycles. The van der Waals surface area contributed by atoms with Gasteiger partial charge in [0, 0.05) is 6.54 Å². The predicted octanol–water partition coefficient (Wildman–Crippen LogP) is 0.595. The fourth-order valence-corrected chi connectivity index (χ4v) is 2.88. The Kier molecular flexibility index (Phi) is 3.16. The van der Waals surface area contributed by atoms with E-state index in [4.69, 9.17) is 0 Å². The number of aliphatic hydroxyl groups excluding tert-OH is 1. The monoisotopic (exact) mass is 238 g/mol. The summed E-state index contributed by atoms with van der Waals surface area (Å²) in [7, 11) is 0. The Morgan fingerprint density at radius 2 is 1.94 bits per heavy atom. The average Bonchev–Trinajstić information content (AvgIpc) is 2.27. The van der Waals surface area contributed by atoms with Gasteiger partial charge in [-0.25, -0.2) is 0 Å². The quantitative estimate of drug-likeness (QED) is 0.755. The molecule has 0 aliphatic carbocycles. The highest BCUT2D eigenvalue weighted by Gasteiger charge is 2.47. The summed E-state index contributed by atoms with van der Waals surface area (Å²) in [6.45, 7) is 1.19. The van der Waals surface area contributed by atoms with Crippen molar-refractivity contribution >= 4 is 0 Å². The van der Waals surface area contributed by atoms with Gasteiger partial charge in [0.2, 0.25) is 0 Å². The summed E-state index contributed by atoms with van der Waals surface area (Å²) in [6, 6.07) is 0. The van der Waals surface area contributed by atoms with Crippen molar-refractivity contribution in [3.8, 4) is 0 Å². The van der Waals surface area contributed by atoms with Gasteiger partial charge in [-0.05, 0) is 31.8 Å². The van der Waals surface area contributed by atoms with E-state index in [1.54, 1.807) is 0 Å². The first-order valence-corrected chi connectivity index (χ1v) is 5.60. The van der Waals surface area contributed by atoms with Gasteiger partial charge in [-0.1, -0.05) is 0 Å². The van der Waals surface area contributed by atoms with E-state index in [0.29, 0.717) is 6.54 Å². The molecule has 0 saturated carbocycles. The van der Waals surface area contributed by atoms with Crippen LogP contribution in [0.2, 0.25) is 0 Å². The fourth-order valence-electron chi connectivity index (χ4n) is 2.88. The Morgan fingerprint density at radius 1 is 1.31 bits per heavy atom. The Morgan fingerprint density at radius 3 is 2.31 bits per heavy atom. The van der Waals surface area contributed by atoms with Crippen molar-refractivity contribution in [1.29, 1.82) is 0 Å². The summed E-state index contributed by atoms with van der Waals surface area (Å²) < 4.78 is 36.6. The maximum Gasteiger partial charge on any atom is 0.401 e. The zero-order chi connectivity index (χ0) is 11.8. The van der Waals surface area contributed by atoms with Crippen LogP contribution in [0.15, 0.2) is 0 Å². The molecular formula is C10H17F3N2O. The third-order valence-corrected chi connectivity index (χ3v) is 3.80. The normalized spacial score (nSPS) is 39.0. The summed E-state index contributed by atoms with van der Waals surface area (Å²) >= 11 is 0. The van der Waals surface area contributed by atoms with Gasteiger partial charge in [0.1, 0.15) is 0 Å². The molecule has 3 nitrogen and oxygen atoms in total. The Hall–Kier alpha value is -0.330. The molecule has 3 aliphatic heterocycles. The van der Waals surface area contributed by atoms with Crippen molar-refractivity contribution in [1.82, 2.24) is 10.2 Å². The van der Waals surface area contributed by atoms with Gasteiger partial charge >= 0.3 is 6.18 Å². The van der Waals surface area contributed by atoms with Crippen LogP contribution in [0.25, 0.3) is 0 Å². The fraction of sp³-hybridized carbons (Fsp3) is 1.00. The second-order valence-electron chi connectivity index (χ2n) is 4.83. The van der Waals surface area contributed by atoms with Crippen LogP contribution in [0.1, 0.15) is 12.8 Å². The molecule has 1 unspecified atom stereocenters. The van der Waals surface area contributed by atoms with Gasteiger partial charge in [-0.15, -0.1) is 0 Å². The number of nitrogens with zero attached hydrogens (tertiary/aromatic N) is 1. The highest BCUT2D eigenvalue weighted by Crippen LogP contribution is 2.35. The molecule has 2 N–H and O–H groups in total. The summed E-state index contributed by atoms with van der Waals surface area (Å²) in [5.74, 6) is 0.171. The second-order valence-corrected chi connectivity index (χ2v) is 4.83. The molecular weight excluding hydrogens is 221 g/mol. The highest BCUT2D eigenvalue weighted by atomic mass is 19.4. The molecule has 3 fully saturated rings. The molecule has 3 saturated heterocycles. The summed E-state index contributed by atoms with van der Waals surface area (Å²) in [5, 5.41) is 11.9. The van der Waals surface area contributed by atoms with Gasteiger partial charge in [0.15, 0.2) is 0 Å². The first-order valence-electron chi connectivity index (χ1n) is 5.60. The van der Waals surface area contributed by atoms with E-state index in [1.165, 1.54) is 0 Å². The van der Waals surface area contributed by atoms with E-state index < -0.39 is 18.3 Å². The van der Waals surface area contributed by atoms with Crippen molar-refractivity contribution < 1.29 is 18.3 Å². The molecule has 6 heteroatoms. The third kappa shape index (κ3) is 2.33. The molecule has 3 heterocycles. The minimum absolute atomic E-state index is 0.171. The predicted molar refractivity (Wildman–Crippen MR) is 53.0 cm³/mol. The van der Waals surface area contributed by atoms with Gasteiger partial charge in [0.05, 0.1) is 18.7 Å². The van der Waals surface area contributed by atoms with Crippen molar-refractivity contribution in [2.24, 2.45) is 5.92 Å². The topological polar surface area (TPSA) is 35.5 Å². The molecule has 0 spiro atoms. The number of fused-ring (bicyclic) bond motifs is 3. The van der Waals surface area contributed by atoms with E-state index in [0.717, 1.165) is 25.9 Å². The molecule has 3 aliphatic rings. The lowest BCUT2D eigenvalue weighted by atomic mass is 9.73. The molecule has 0 amide bonds. The Labute approximate surface area is 92.6 Å². The van der Waals surface area contributed by atoms with Gasteiger partial charge in [-0.2, -0.15) is 13.2 Å². The van der Waals surface area contributed by atoms with Crippen molar-refractivity contribution in [3.63, 3.8) is 0 Å². The lowest BCUT2D eigenvalue weighted by Crippen LogP contribution is -2.68. The zero-order valence-corrected chi connectivity index (χ0v) is 9.06. The number of aliphatic hydroxyl groups is 1. The number of hydrogen-bond acceptors (Lipinski definition) is 3. The van der Waals surface area contributed by atoms with Gasteiger partial charge < -0.3 is 10.0 Å². The largest absolute Gasteiger partial charge is 0.401 e. The van der Waals surface area contributed by atoms with Crippen molar-refractivity contribution in [3.05, 3.63) is 0 Å². The zero-order valence-electron chi connectivity index (χ0n) is 9.06. The van der Waals surface area contributed by atoms with E-state index in [2.05, 4.69) is 10.2 Å². The third-order valence-electron chi connectivity index (χ3n) is 3.80. The van der Waals surface area contributed by atoms with Gasteiger partial charge in [-0.3, -0.25) is 5.32 Å². The van der Waals surface area contributed by atoms with E-state index in [-0.39, 0.29) is 12.5 Å². The molecule has 0 aromatic carbocycles. The number of halogens is 3. The Balaban J connectivity index is 2.02. The van der Waals surface area contributed by atoms with Crippen LogP contribution in [0.5, 0.6) is 0 Å². The number of alkyl halides is 3. The molecule has 16 heavy (non-hydrogen) atoms. The summed E-state index contributed by atoms with van der Waals surface area (Å²) in [5.41, 5.74) is -0.744. The molecule has 0 radical (unpaired) electrons. The van der Waals surface area contributed by atoms with Crippen LogP contribution in [0, 0.1) is 5.92 Å². The highest BCUT2D eigenvalue weighted by molar-refractivity contribution is 5.04. The lowest BCUT2D eigenvalue weighted by Gasteiger charge is -2.53. The number of nitrogens with one attached hydrogen (secondary N) is 1. The first-order chi connectivity index (χ1) is 7.45. The summed E-state index contributed by atoms with van der Waals surface area (Å²) in [6.07, 6.45) is -2.45. The minimum Gasteiger partial charge on any atom is -0.394 e. The van der Waals surface area contributed by atoms with Crippen LogP contribution in [-0.4, -0.2) is 54.5 Å². The van der Waals surface area contributed by atoms with Crippen molar-refractivity contribution in [2.75, 3.05) is 32.8 Å². The van der Waals surface area contributed by atoms with Crippen molar-refractivity contribution in [2.45, 2.75) is 24.6 Å². The molecule has 2 bridgehead atoms.